The van der Waals surface area contributed by atoms with Crippen LogP contribution >= 0.6 is 0 Å². The average Bonchev–Trinajstić information content (AvgIpc) is 3.04. The molecule has 0 aromatic heterocycles. The maximum Gasteiger partial charge on any atom is 0.311 e. The van der Waals surface area contributed by atoms with E-state index in [1.54, 1.807) is 27.9 Å². The van der Waals surface area contributed by atoms with Gasteiger partial charge in [0.1, 0.15) is 30.0 Å². The van der Waals surface area contributed by atoms with Gasteiger partial charge in [0.15, 0.2) is 12.6 Å². The standard InChI is InChI=1S/C37H68N2O11/c1-14-26-37(10,43)32-23(6)38-18-19(2)16-36(9,50-32)31(49-34-28(40)25(39(11)12)15-20(3)45-34)21(4)29(22(5)33(42)47-26)48-27-17-35(8,44-13)30(41)24(7)46-27/h19-32,34,38,40-41,43H,14-18H2,1-13H3/t19-,20-,21+,22-,23+,24+,25+,26+,27+,28-,29+,30+,31-,32?,34+,35-,36-,37-/m1/s1. The summed E-state index contributed by atoms with van der Waals surface area (Å²) in [7, 11) is 5.40. The Morgan fingerprint density at radius 3 is 2.26 bits per heavy atom. The molecule has 13 heteroatoms. The van der Waals surface area contributed by atoms with E-state index in [0.29, 0.717) is 25.8 Å². The van der Waals surface area contributed by atoms with Gasteiger partial charge in [0.2, 0.25) is 0 Å². The fraction of sp³-hybridized carbons (Fsp3) is 0.973. The highest BCUT2D eigenvalue weighted by molar-refractivity contribution is 5.73. The number of nitrogens with zero attached hydrogens (tertiary/aromatic N) is 1. The zero-order valence-electron chi connectivity index (χ0n) is 32.8. The Bertz CT molecular complexity index is 1130. The van der Waals surface area contributed by atoms with Crippen molar-refractivity contribution in [1.29, 1.82) is 0 Å². The second-order valence-electron chi connectivity index (χ2n) is 16.7. The molecule has 0 amide bonds. The quantitative estimate of drug-likeness (QED) is 0.286. The first-order chi connectivity index (χ1) is 23.2. The lowest BCUT2D eigenvalue weighted by molar-refractivity contribution is -0.327. The number of hydrogen-bond acceptors (Lipinski definition) is 13. The number of esters is 1. The van der Waals surface area contributed by atoms with Crippen molar-refractivity contribution in [3.05, 3.63) is 0 Å². The highest BCUT2D eigenvalue weighted by Gasteiger charge is 2.57. The molecule has 4 fully saturated rings. The first-order valence-corrected chi connectivity index (χ1v) is 18.7. The molecule has 1 unspecified atom stereocenters. The van der Waals surface area contributed by atoms with E-state index >= 15 is 0 Å². The number of carbonyl (C=O) groups is 1. The number of methoxy groups -OCH3 is 1. The van der Waals surface area contributed by atoms with E-state index < -0.39 is 89.9 Å². The van der Waals surface area contributed by atoms with Gasteiger partial charge in [-0.3, -0.25) is 4.79 Å². The molecule has 4 heterocycles. The summed E-state index contributed by atoms with van der Waals surface area (Å²) in [5.74, 6) is -1.81. The SMILES string of the molecule is CC[C@@H]1OC(=O)[C@H](C)[C@@H](O[C@H]2C[C@@](C)(OC)[C@@H](O)[C@H](C)O2)[C@H](C)[C@@H](O[C@@H]2O[C@H](C)C[C@H](N(C)C)[C@H]2O)[C@@]2(C)C[C@@H](C)CN[C@@H](C)C(O2)[C@]1(C)O. The summed E-state index contributed by atoms with van der Waals surface area (Å²) in [6.45, 7) is 19.6. The van der Waals surface area contributed by atoms with Crippen molar-refractivity contribution < 1.29 is 53.3 Å². The predicted molar refractivity (Wildman–Crippen MR) is 186 cm³/mol. The van der Waals surface area contributed by atoms with E-state index in [0.717, 1.165) is 0 Å². The maximum atomic E-state index is 14.2. The van der Waals surface area contributed by atoms with E-state index in [1.807, 2.05) is 60.5 Å². The largest absolute Gasteiger partial charge is 0.459 e. The van der Waals surface area contributed by atoms with Crippen molar-refractivity contribution in [2.24, 2.45) is 17.8 Å². The minimum atomic E-state index is -1.59. The third kappa shape index (κ3) is 8.54. The molecular formula is C37H68N2O11. The molecule has 18 atom stereocenters. The van der Waals surface area contributed by atoms with Crippen LogP contribution in [0.4, 0.5) is 0 Å². The summed E-state index contributed by atoms with van der Waals surface area (Å²) in [5.41, 5.74) is -3.61. The summed E-state index contributed by atoms with van der Waals surface area (Å²) < 4.78 is 45.4. The minimum Gasteiger partial charge on any atom is -0.459 e. The number of ether oxygens (including phenoxy) is 7. The van der Waals surface area contributed by atoms with Gasteiger partial charge >= 0.3 is 5.97 Å². The molecule has 4 aliphatic rings. The van der Waals surface area contributed by atoms with Gasteiger partial charge in [-0.25, -0.2) is 0 Å². The van der Waals surface area contributed by atoms with Crippen molar-refractivity contribution in [3.63, 3.8) is 0 Å². The number of likely N-dealkylation sites (N-methyl/N-ethyl adjacent to an activating group) is 1. The molecule has 0 aromatic rings. The molecule has 0 saturated carbocycles. The monoisotopic (exact) mass is 716 g/mol. The molecular weight excluding hydrogens is 648 g/mol. The van der Waals surface area contributed by atoms with Gasteiger partial charge in [-0.15, -0.1) is 0 Å². The van der Waals surface area contributed by atoms with Crippen LogP contribution in [0.1, 0.15) is 94.9 Å². The van der Waals surface area contributed by atoms with Crippen LogP contribution in [0.5, 0.6) is 0 Å². The molecule has 0 spiro atoms. The topological polar surface area (TPSA) is 158 Å². The van der Waals surface area contributed by atoms with E-state index in [-0.39, 0.29) is 30.5 Å². The smallest absolute Gasteiger partial charge is 0.311 e. The normalized spacial score (nSPS) is 51.3. The number of carbonyl (C=O) groups excluding carboxylic acids is 1. The van der Waals surface area contributed by atoms with Crippen LogP contribution < -0.4 is 5.32 Å². The molecule has 4 N–H and O–H groups in total. The minimum absolute atomic E-state index is 0.130. The lowest BCUT2D eigenvalue weighted by Crippen LogP contribution is -2.66. The lowest BCUT2D eigenvalue weighted by atomic mass is 9.76. The maximum absolute atomic E-state index is 14.2. The number of hydrogen-bond donors (Lipinski definition) is 4. The Balaban J connectivity index is 1.87. The number of rotatable bonds is 7. The molecule has 2 bridgehead atoms. The Labute approximate surface area is 300 Å². The molecule has 0 aromatic carbocycles. The van der Waals surface area contributed by atoms with Gasteiger partial charge < -0.3 is 58.7 Å². The zero-order chi connectivity index (χ0) is 37.5. The van der Waals surface area contributed by atoms with E-state index in [2.05, 4.69) is 12.2 Å². The van der Waals surface area contributed by atoms with Crippen LogP contribution in [-0.2, 0) is 38.0 Å². The summed E-state index contributed by atoms with van der Waals surface area (Å²) in [6, 6.07) is -0.531. The fourth-order valence-corrected chi connectivity index (χ4v) is 8.95. The molecule has 4 rings (SSSR count). The Morgan fingerprint density at radius 2 is 1.66 bits per heavy atom. The fourth-order valence-electron chi connectivity index (χ4n) is 8.95. The van der Waals surface area contributed by atoms with Gasteiger partial charge in [-0.2, -0.15) is 0 Å². The second kappa shape index (κ2) is 16.2. The third-order valence-electron chi connectivity index (χ3n) is 12.1. The van der Waals surface area contributed by atoms with Crippen molar-refractivity contribution in [2.45, 2.75) is 185 Å². The highest BCUT2D eigenvalue weighted by atomic mass is 16.7. The van der Waals surface area contributed by atoms with E-state index in [1.165, 1.54) is 0 Å². The van der Waals surface area contributed by atoms with E-state index in [4.69, 9.17) is 33.2 Å². The number of nitrogens with one attached hydrogen (secondary N) is 1. The van der Waals surface area contributed by atoms with Crippen molar-refractivity contribution in [1.82, 2.24) is 10.2 Å². The molecule has 13 nitrogen and oxygen atoms in total. The number of aliphatic hydroxyl groups excluding tert-OH is 2. The van der Waals surface area contributed by atoms with Crippen LogP contribution in [0, 0.1) is 17.8 Å². The summed E-state index contributed by atoms with van der Waals surface area (Å²) in [5, 5.41) is 38.4. The van der Waals surface area contributed by atoms with Gasteiger partial charge in [0, 0.05) is 31.5 Å². The van der Waals surface area contributed by atoms with Gasteiger partial charge in [0.25, 0.3) is 0 Å². The highest BCUT2D eigenvalue weighted by Crippen LogP contribution is 2.44. The first kappa shape index (κ1) is 41.8. The second-order valence-corrected chi connectivity index (χ2v) is 16.7. The summed E-state index contributed by atoms with van der Waals surface area (Å²) >= 11 is 0. The van der Waals surface area contributed by atoms with Crippen LogP contribution in [0.25, 0.3) is 0 Å². The Hall–Kier alpha value is -0.970. The Morgan fingerprint density at radius 1 is 1.00 bits per heavy atom. The number of cyclic esters (lactones) is 1. The zero-order valence-corrected chi connectivity index (χ0v) is 32.8. The average molecular weight is 717 g/mol. The summed E-state index contributed by atoms with van der Waals surface area (Å²) in [6.07, 6.45) is -6.15. The molecule has 0 aliphatic carbocycles. The summed E-state index contributed by atoms with van der Waals surface area (Å²) in [4.78, 5) is 16.1. The van der Waals surface area contributed by atoms with E-state index in [9.17, 15) is 20.1 Å². The molecule has 50 heavy (non-hydrogen) atoms. The van der Waals surface area contributed by atoms with Crippen LogP contribution in [-0.4, -0.2) is 144 Å². The number of aliphatic hydroxyl groups is 3. The van der Waals surface area contributed by atoms with Crippen molar-refractivity contribution in [2.75, 3.05) is 27.7 Å². The van der Waals surface area contributed by atoms with Crippen LogP contribution in [0.3, 0.4) is 0 Å². The first-order valence-electron chi connectivity index (χ1n) is 18.7. The molecule has 4 saturated heterocycles. The van der Waals surface area contributed by atoms with Crippen LogP contribution in [0.2, 0.25) is 0 Å². The van der Waals surface area contributed by atoms with Crippen LogP contribution in [0.15, 0.2) is 0 Å². The van der Waals surface area contributed by atoms with Gasteiger partial charge in [-0.1, -0.05) is 20.8 Å². The molecule has 4 aliphatic heterocycles. The van der Waals surface area contributed by atoms with Crippen molar-refractivity contribution in [3.8, 4) is 0 Å². The predicted octanol–water partition coefficient (Wildman–Crippen LogP) is 2.60. The number of fused-ring (bicyclic) bond motifs is 2. The molecule has 292 valence electrons. The third-order valence-corrected chi connectivity index (χ3v) is 12.1. The van der Waals surface area contributed by atoms with Crippen molar-refractivity contribution >= 4 is 5.97 Å². The van der Waals surface area contributed by atoms with Gasteiger partial charge in [-0.05, 0) is 94.3 Å². The Kier molecular flexibility index (Phi) is 13.5. The molecule has 0 radical (unpaired) electrons. The van der Waals surface area contributed by atoms with Gasteiger partial charge in [0.05, 0.1) is 41.5 Å². The lowest BCUT2D eigenvalue weighted by Gasteiger charge is -2.52.